The second-order valence-corrected chi connectivity index (χ2v) is 4.36. The monoisotopic (exact) mass is 272 g/mol. The molecule has 0 radical (unpaired) electrons. The Morgan fingerprint density at radius 3 is 2.45 bits per heavy atom. The SMILES string of the molecule is CC(O)COc1ccccc1C(=O)Oc1ccccc1. The first-order valence-corrected chi connectivity index (χ1v) is 6.34. The number of benzene rings is 2. The van der Waals surface area contributed by atoms with Gasteiger partial charge in [-0.25, -0.2) is 4.79 Å². The summed E-state index contributed by atoms with van der Waals surface area (Å²) < 4.78 is 10.7. The van der Waals surface area contributed by atoms with Crippen LogP contribution in [0.5, 0.6) is 11.5 Å². The second-order valence-electron chi connectivity index (χ2n) is 4.36. The molecule has 0 aromatic heterocycles. The number of carbonyl (C=O) groups is 1. The zero-order chi connectivity index (χ0) is 14.4. The van der Waals surface area contributed by atoms with Gasteiger partial charge in [0.15, 0.2) is 0 Å². The van der Waals surface area contributed by atoms with E-state index in [1.807, 2.05) is 6.07 Å². The summed E-state index contributed by atoms with van der Waals surface area (Å²) >= 11 is 0. The fourth-order valence-corrected chi connectivity index (χ4v) is 1.62. The second kappa shape index (κ2) is 6.73. The number of ether oxygens (including phenoxy) is 2. The lowest BCUT2D eigenvalue weighted by Gasteiger charge is -2.12. The first kappa shape index (κ1) is 14.1. The van der Waals surface area contributed by atoms with Crippen LogP contribution >= 0.6 is 0 Å². The zero-order valence-electron chi connectivity index (χ0n) is 11.2. The van der Waals surface area contributed by atoms with Crippen LogP contribution in [0.1, 0.15) is 17.3 Å². The van der Waals surface area contributed by atoms with Gasteiger partial charge in [0.2, 0.25) is 0 Å². The molecule has 2 aromatic carbocycles. The maximum Gasteiger partial charge on any atom is 0.347 e. The highest BCUT2D eigenvalue weighted by Crippen LogP contribution is 2.20. The van der Waals surface area contributed by atoms with E-state index in [0.717, 1.165) is 0 Å². The van der Waals surface area contributed by atoms with Gasteiger partial charge in [-0.3, -0.25) is 0 Å². The lowest BCUT2D eigenvalue weighted by molar-refractivity contribution is 0.0723. The van der Waals surface area contributed by atoms with Gasteiger partial charge in [-0.05, 0) is 31.2 Å². The Morgan fingerprint density at radius 1 is 1.10 bits per heavy atom. The predicted octanol–water partition coefficient (Wildman–Crippen LogP) is 2.67. The molecule has 4 nitrogen and oxygen atoms in total. The quantitative estimate of drug-likeness (QED) is 0.671. The number of aliphatic hydroxyl groups is 1. The van der Waals surface area contributed by atoms with Crippen molar-refractivity contribution in [3.8, 4) is 11.5 Å². The summed E-state index contributed by atoms with van der Waals surface area (Å²) in [4.78, 5) is 12.1. The molecule has 0 amide bonds. The van der Waals surface area contributed by atoms with E-state index in [0.29, 0.717) is 17.1 Å². The fraction of sp³-hybridized carbons (Fsp3) is 0.188. The summed E-state index contributed by atoms with van der Waals surface area (Å²) in [7, 11) is 0. The van der Waals surface area contributed by atoms with Crippen molar-refractivity contribution in [2.24, 2.45) is 0 Å². The van der Waals surface area contributed by atoms with Crippen molar-refractivity contribution in [1.82, 2.24) is 0 Å². The maximum absolute atomic E-state index is 12.1. The maximum atomic E-state index is 12.1. The molecule has 1 N–H and O–H groups in total. The molecule has 0 saturated carbocycles. The smallest absolute Gasteiger partial charge is 0.347 e. The molecule has 0 aliphatic carbocycles. The molecule has 20 heavy (non-hydrogen) atoms. The van der Waals surface area contributed by atoms with Gasteiger partial charge in [0.25, 0.3) is 0 Å². The van der Waals surface area contributed by atoms with Crippen LogP contribution in [-0.4, -0.2) is 23.8 Å². The molecule has 0 heterocycles. The van der Waals surface area contributed by atoms with Crippen molar-refractivity contribution in [3.05, 3.63) is 60.2 Å². The van der Waals surface area contributed by atoms with Gasteiger partial charge in [-0.2, -0.15) is 0 Å². The number of carbonyl (C=O) groups excluding carboxylic acids is 1. The fourth-order valence-electron chi connectivity index (χ4n) is 1.62. The minimum absolute atomic E-state index is 0.121. The molecule has 4 heteroatoms. The van der Waals surface area contributed by atoms with Crippen molar-refractivity contribution in [2.45, 2.75) is 13.0 Å². The highest BCUT2D eigenvalue weighted by atomic mass is 16.5. The van der Waals surface area contributed by atoms with Crippen LogP contribution in [0.15, 0.2) is 54.6 Å². The molecule has 104 valence electrons. The Bertz CT molecular complexity index is 564. The van der Waals surface area contributed by atoms with Crippen LogP contribution in [-0.2, 0) is 0 Å². The van der Waals surface area contributed by atoms with Crippen molar-refractivity contribution in [2.75, 3.05) is 6.61 Å². The lowest BCUT2D eigenvalue weighted by atomic mass is 10.2. The van der Waals surface area contributed by atoms with Crippen molar-refractivity contribution < 1.29 is 19.4 Å². The first-order chi connectivity index (χ1) is 9.66. The van der Waals surface area contributed by atoms with E-state index >= 15 is 0 Å². The minimum atomic E-state index is -0.604. The third-order valence-electron chi connectivity index (χ3n) is 2.54. The molecule has 0 aliphatic heterocycles. The number of rotatable bonds is 5. The standard InChI is InChI=1S/C16H16O4/c1-12(17)11-19-15-10-6-5-9-14(15)16(18)20-13-7-3-2-4-8-13/h2-10,12,17H,11H2,1H3. The average Bonchev–Trinajstić information content (AvgIpc) is 2.46. The third-order valence-corrected chi connectivity index (χ3v) is 2.54. The van der Waals surface area contributed by atoms with Crippen molar-refractivity contribution in [1.29, 1.82) is 0 Å². The van der Waals surface area contributed by atoms with Gasteiger partial charge < -0.3 is 14.6 Å². The summed E-state index contributed by atoms with van der Waals surface area (Å²) in [6.45, 7) is 1.74. The molecule has 1 atom stereocenters. The van der Waals surface area contributed by atoms with Crippen LogP contribution in [0.25, 0.3) is 0 Å². The highest BCUT2D eigenvalue weighted by molar-refractivity contribution is 5.93. The van der Waals surface area contributed by atoms with Gasteiger partial charge in [-0.15, -0.1) is 0 Å². The van der Waals surface area contributed by atoms with Crippen LogP contribution in [0.4, 0.5) is 0 Å². The summed E-state index contributed by atoms with van der Waals surface area (Å²) in [5.41, 5.74) is 0.331. The van der Waals surface area contributed by atoms with E-state index in [9.17, 15) is 9.90 Å². The Hall–Kier alpha value is -2.33. The molecule has 2 rings (SSSR count). The molecule has 0 saturated heterocycles. The summed E-state index contributed by atoms with van der Waals surface area (Å²) in [5.74, 6) is 0.384. The normalized spacial score (nSPS) is 11.7. The largest absolute Gasteiger partial charge is 0.490 e. The number of aliphatic hydroxyl groups excluding tert-OH is 1. The average molecular weight is 272 g/mol. The van der Waals surface area contributed by atoms with E-state index in [4.69, 9.17) is 9.47 Å². The Kier molecular flexibility index (Phi) is 4.74. The van der Waals surface area contributed by atoms with E-state index in [1.165, 1.54) is 0 Å². The zero-order valence-corrected chi connectivity index (χ0v) is 11.2. The molecular weight excluding hydrogens is 256 g/mol. The van der Waals surface area contributed by atoms with Crippen LogP contribution < -0.4 is 9.47 Å². The van der Waals surface area contributed by atoms with Gasteiger partial charge >= 0.3 is 5.97 Å². The molecule has 0 spiro atoms. The highest BCUT2D eigenvalue weighted by Gasteiger charge is 2.14. The molecule has 1 unspecified atom stereocenters. The van der Waals surface area contributed by atoms with Crippen LogP contribution in [0.2, 0.25) is 0 Å². The molecular formula is C16H16O4. The van der Waals surface area contributed by atoms with E-state index in [2.05, 4.69) is 0 Å². The van der Waals surface area contributed by atoms with Crippen molar-refractivity contribution >= 4 is 5.97 Å². The summed E-state index contributed by atoms with van der Waals surface area (Å²) in [5, 5.41) is 9.24. The molecule has 2 aromatic rings. The van der Waals surface area contributed by atoms with Gasteiger partial charge in [0, 0.05) is 0 Å². The topological polar surface area (TPSA) is 55.8 Å². The Labute approximate surface area is 117 Å². The van der Waals surface area contributed by atoms with E-state index in [1.54, 1.807) is 55.5 Å². The van der Waals surface area contributed by atoms with Gasteiger partial charge in [0.1, 0.15) is 23.7 Å². The van der Waals surface area contributed by atoms with Crippen molar-refractivity contribution in [3.63, 3.8) is 0 Å². The minimum Gasteiger partial charge on any atom is -0.490 e. The number of para-hydroxylation sites is 2. The Balaban J connectivity index is 2.13. The third kappa shape index (κ3) is 3.83. The summed E-state index contributed by atoms with van der Waals surface area (Å²) in [6, 6.07) is 15.6. The Morgan fingerprint density at radius 2 is 1.75 bits per heavy atom. The number of hydrogen-bond acceptors (Lipinski definition) is 4. The predicted molar refractivity (Wildman–Crippen MR) is 75.0 cm³/mol. The van der Waals surface area contributed by atoms with Gasteiger partial charge in [-0.1, -0.05) is 30.3 Å². The molecule has 0 fully saturated rings. The van der Waals surface area contributed by atoms with Crippen LogP contribution in [0, 0.1) is 0 Å². The molecule has 0 bridgehead atoms. The van der Waals surface area contributed by atoms with Gasteiger partial charge in [0.05, 0.1) is 6.10 Å². The summed E-state index contributed by atoms with van der Waals surface area (Å²) in [6.07, 6.45) is -0.604. The number of hydrogen-bond donors (Lipinski definition) is 1. The van der Waals surface area contributed by atoms with E-state index in [-0.39, 0.29) is 6.61 Å². The number of esters is 1. The lowest BCUT2D eigenvalue weighted by Crippen LogP contribution is -2.16. The molecule has 0 aliphatic rings. The van der Waals surface area contributed by atoms with Crippen LogP contribution in [0.3, 0.4) is 0 Å². The van der Waals surface area contributed by atoms with E-state index < -0.39 is 12.1 Å². The first-order valence-electron chi connectivity index (χ1n) is 6.34.